The maximum Gasteiger partial charge on any atom is 0.416 e. The van der Waals surface area contributed by atoms with E-state index in [1.807, 2.05) is 6.92 Å². The van der Waals surface area contributed by atoms with Gasteiger partial charge in [-0.1, -0.05) is 24.4 Å². The van der Waals surface area contributed by atoms with E-state index < -0.39 is 11.7 Å². The van der Waals surface area contributed by atoms with Crippen molar-refractivity contribution in [2.75, 3.05) is 7.05 Å². The average molecular weight is 318 g/mol. The van der Waals surface area contributed by atoms with Crippen molar-refractivity contribution in [2.45, 2.75) is 32.0 Å². The van der Waals surface area contributed by atoms with E-state index in [-0.39, 0.29) is 18.4 Å². The fourth-order valence-corrected chi connectivity index (χ4v) is 2.03. The van der Waals surface area contributed by atoms with Gasteiger partial charge in [-0.15, -0.1) is 0 Å². The zero-order chi connectivity index (χ0) is 16.2. The second kappa shape index (κ2) is 6.89. The number of rotatable bonds is 5. The third-order valence-electron chi connectivity index (χ3n) is 3.19. The van der Waals surface area contributed by atoms with Crippen molar-refractivity contribution in [2.24, 2.45) is 5.73 Å². The van der Waals surface area contributed by atoms with Crippen LogP contribution in [0.3, 0.4) is 0 Å². The van der Waals surface area contributed by atoms with E-state index in [0.29, 0.717) is 17.0 Å². The van der Waals surface area contributed by atoms with Gasteiger partial charge in [0.2, 0.25) is 5.91 Å². The molecule has 116 valence electrons. The van der Waals surface area contributed by atoms with Crippen LogP contribution in [0.15, 0.2) is 24.3 Å². The number of thiocarbonyl (C=S) groups is 1. The number of nitrogens with zero attached hydrogens (tertiary/aromatic N) is 1. The third-order valence-corrected chi connectivity index (χ3v) is 3.35. The van der Waals surface area contributed by atoms with Crippen molar-refractivity contribution in [3.8, 4) is 0 Å². The van der Waals surface area contributed by atoms with E-state index in [2.05, 4.69) is 0 Å². The normalized spacial score (nSPS) is 12.8. The number of benzene rings is 1. The SMILES string of the molecule is CC(CC(N)=S)N(C)C(=O)Cc1ccc(C(F)(F)F)cc1. The van der Waals surface area contributed by atoms with Gasteiger partial charge in [-0.3, -0.25) is 4.79 Å². The van der Waals surface area contributed by atoms with E-state index in [4.69, 9.17) is 18.0 Å². The number of carbonyl (C=O) groups excluding carboxylic acids is 1. The molecule has 0 bridgehead atoms. The molecule has 0 saturated heterocycles. The van der Waals surface area contributed by atoms with E-state index in [0.717, 1.165) is 12.1 Å². The van der Waals surface area contributed by atoms with Crippen LogP contribution in [0.1, 0.15) is 24.5 Å². The molecule has 1 unspecified atom stereocenters. The zero-order valence-electron chi connectivity index (χ0n) is 11.8. The summed E-state index contributed by atoms with van der Waals surface area (Å²) in [5.74, 6) is -0.196. The molecule has 1 aromatic rings. The van der Waals surface area contributed by atoms with Crippen LogP contribution in [-0.2, 0) is 17.4 Å². The van der Waals surface area contributed by atoms with Crippen LogP contribution in [0.5, 0.6) is 0 Å². The van der Waals surface area contributed by atoms with Crippen LogP contribution in [0.2, 0.25) is 0 Å². The van der Waals surface area contributed by atoms with Crippen molar-refractivity contribution in [3.05, 3.63) is 35.4 Å². The number of halogens is 3. The molecule has 1 amide bonds. The number of nitrogens with two attached hydrogens (primary N) is 1. The molecule has 0 aromatic heterocycles. The minimum Gasteiger partial charge on any atom is -0.393 e. The molecule has 21 heavy (non-hydrogen) atoms. The number of likely N-dealkylation sites (N-methyl/N-ethyl adjacent to an activating group) is 1. The van der Waals surface area contributed by atoms with Gasteiger partial charge in [0.1, 0.15) is 0 Å². The number of amides is 1. The lowest BCUT2D eigenvalue weighted by Gasteiger charge is -2.24. The topological polar surface area (TPSA) is 46.3 Å². The van der Waals surface area contributed by atoms with Crippen LogP contribution >= 0.6 is 12.2 Å². The van der Waals surface area contributed by atoms with Crippen LogP contribution in [0.25, 0.3) is 0 Å². The van der Waals surface area contributed by atoms with Crippen molar-refractivity contribution in [3.63, 3.8) is 0 Å². The number of alkyl halides is 3. The van der Waals surface area contributed by atoms with Crippen LogP contribution in [-0.4, -0.2) is 28.9 Å². The summed E-state index contributed by atoms with van der Waals surface area (Å²) in [7, 11) is 1.62. The van der Waals surface area contributed by atoms with Gasteiger partial charge in [0.05, 0.1) is 17.0 Å². The molecule has 1 aromatic carbocycles. The lowest BCUT2D eigenvalue weighted by atomic mass is 10.1. The third kappa shape index (κ3) is 5.34. The maximum atomic E-state index is 12.4. The van der Waals surface area contributed by atoms with Gasteiger partial charge in [-0.05, 0) is 24.6 Å². The van der Waals surface area contributed by atoms with Gasteiger partial charge in [0, 0.05) is 19.5 Å². The molecular weight excluding hydrogens is 301 g/mol. The smallest absolute Gasteiger partial charge is 0.393 e. The molecule has 0 heterocycles. The van der Waals surface area contributed by atoms with Crippen LogP contribution in [0.4, 0.5) is 13.2 Å². The molecule has 7 heteroatoms. The van der Waals surface area contributed by atoms with E-state index >= 15 is 0 Å². The summed E-state index contributed by atoms with van der Waals surface area (Å²) in [5.41, 5.74) is 5.23. The first kappa shape index (κ1) is 17.4. The molecule has 0 aliphatic rings. The Balaban J connectivity index is 2.68. The standard InChI is InChI=1S/C14H17F3N2OS/c1-9(7-12(18)21)19(2)13(20)8-10-3-5-11(6-4-10)14(15,16)17/h3-6,9H,7-8H2,1-2H3,(H2,18,21). The van der Waals surface area contributed by atoms with Gasteiger partial charge >= 0.3 is 6.18 Å². The first-order valence-electron chi connectivity index (χ1n) is 6.31. The van der Waals surface area contributed by atoms with Gasteiger partial charge in [0.15, 0.2) is 0 Å². The van der Waals surface area contributed by atoms with E-state index in [1.165, 1.54) is 17.0 Å². The maximum absolute atomic E-state index is 12.4. The fraction of sp³-hybridized carbons (Fsp3) is 0.429. The molecule has 0 fully saturated rings. The first-order chi connectivity index (χ1) is 9.61. The number of hydrogen-bond acceptors (Lipinski definition) is 2. The predicted octanol–water partition coefficient (Wildman–Crippen LogP) is 2.77. The Morgan fingerprint density at radius 1 is 1.33 bits per heavy atom. The highest BCUT2D eigenvalue weighted by Crippen LogP contribution is 2.29. The first-order valence-corrected chi connectivity index (χ1v) is 6.72. The van der Waals surface area contributed by atoms with E-state index in [9.17, 15) is 18.0 Å². The Bertz CT molecular complexity index is 514. The molecule has 0 radical (unpaired) electrons. The quantitative estimate of drug-likeness (QED) is 0.849. The molecule has 3 nitrogen and oxygen atoms in total. The molecule has 0 aliphatic heterocycles. The summed E-state index contributed by atoms with van der Waals surface area (Å²) in [6.45, 7) is 1.81. The minimum absolute atomic E-state index is 0.0380. The Labute approximate surface area is 126 Å². The zero-order valence-corrected chi connectivity index (χ0v) is 12.6. The molecule has 0 spiro atoms. The molecule has 1 atom stereocenters. The summed E-state index contributed by atoms with van der Waals surface area (Å²) >= 11 is 4.79. The van der Waals surface area contributed by atoms with Crippen LogP contribution < -0.4 is 5.73 Å². The molecule has 0 aliphatic carbocycles. The molecule has 1 rings (SSSR count). The lowest BCUT2D eigenvalue weighted by Crippen LogP contribution is -2.38. The highest BCUT2D eigenvalue weighted by molar-refractivity contribution is 7.80. The Kier molecular flexibility index (Phi) is 5.71. The van der Waals surface area contributed by atoms with Gasteiger partial charge in [-0.25, -0.2) is 0 Å². The monoisotopic (exact) mass is 318 g/mol. The fourth-order valence-electron chi connectivity index (χ4n) is 1.78. The Morgan fingerprint density at radius 3 is 2.29 bits per heavy atom. The predicted molar refractivity (Wildman–Crippen MR) is 78.8 cm³/mol. The van der Waals surface area contributed by atoms with Gasteiger partial charge in [0.25, 0.3) is 0 Å². The molecular formula is C14H17F3N2OS. The van der Waals surface area contributed by atoms with Crippen LogP contribution in [0, 0.1) is 0 Å². The Morgan fingerprint density at radius 2 is 1.86 bits per heavy atom. The molecule has 0 saturated carbocycles. The summed E-state index contributed by atoms with van der Waals surface area (Å²) in [6, 6.07) is 4.42. The van der Waals surface area contributed by atoms with Crippen molar-refractivity contribution >= 4 is 23.1 Å². The summed E-state index contributed by atoms with van der Waals surface area (Å²) in [6.07, 6.45) is -3.93. The minimum atomic E-state index is -4.37. The van der Waals surface area contributed by atoms with Crippen molar-refractivity contribution in [1.29, 1.82) is 0 Å². The van der Waals surface area contributed by atoms with Crippen molar-refractivity contribution < 1.29 is 18.0 Å². The van der Waals surface area contributed by atoms with Crippen molar-refractivity contribution in [1.82, 2.24) is 4.90 Å². The lowest BCUT2D eigenvalue weighted by molar-refractivity contribution is -0.137. The molecule has 2 N–H and O–H groups in total. The Hall–Kier alpha value is -1.63. The average Bonchev–Trinajstić information content (AvgIpc) is 2.36. The summed E-state index contributed by atoms with van der Waals surface area (Å²) in [4.78, 5) is 13.9. The largest absolute Gasteiger partial charge is 0.416 e. The highest BCUT2D eigenvalue weighted by Gasteiger charge is 2.30. The van der Waals surface area contributed by atoms with Gasteiger partial charge < -0.3 is 10.6 Å². The summed E-state index contributed by atoms with van der Waals surface area (Å²) < 4.78 is 37.3. The second-order valence-corrected chi connectivity index (χ2v) is 5.42. The van der Waals surface area contributed by atoms with Gasteiger partial charge in [-0.2, -0.15) is 13.2 Å². The summed E-state index contributed by atoms with van der Waals surface area (Å²) in [5, 5.41) is 0. The second-order valence-electron chi connectivity index (χ2n) is 4.90. The van der Waals surface area contributed by atoms with E-state index in [1.54, 1.807) is 7.05 Å². The number of hydrogen-bond donors (Lipinski definition) is 1. The highest BCUT2D eigenvalue weighted by atomic mass is 32.1. The number of carbonyl (C=O) groups is 1.